The van der Waals surface area contributed by atoms with Crippen LogP contribution in [0, 0.1) is 11.2 Å². The first-order chi connectivity index (χ1) is 12.7. The molecule has 0 radical (unpaired) electrons. The number of halogens is 1. The van der Waals surface area contributed by atoms with E-state index in [-0.39, 0.29) is 17.4 Å². The molecule has 0 N–H and O–H groups in total. The van der Waals surface area contributed by atoms with Crippen LogP contribution in [0.25, 0.3) is 0 Å². The Morgan fingerprint density at radius 1 is 1.30 bits per heavy atom. The predicted molar refractivity (Wildman–Crippen MR) is 97.1 cm³/mol. The third-order valence-corrected chi connectivity index (χ3v) is 4.07. The lowest BCUT2D eigenvalue weighted by atomic mass is 9.83. The van der Waals surface area contributed by atoms with Gasteiger partial charge in [0.05, 0.1) is 19.8 Å². The van der Waals surface area contributed by atoms with E-state index in [4.69, 9.17) is 14.2 Å². The molecule has 2 unspecified atom stereocenters. The van der Waals surface area contributed by atoms with Crippen molar-refractivity contribution in [2.75, 3.05) is 13.7 Å². The van der Waals surface area contributed by atoms with Crippen molar-refractivity contribution >= 4 is 5.97 Å². The Bertz CT molecular complexity index is 744. The molecule has 2 rings (SSSR count). The number of hydrogen-bond acceptors (Lipinski definition) is 6. The Morgan fingerprint density at radius 2 is 2.04 bits per heavy atom. The molecule has 0 fully saturated rings. The van der Waals surface area contributed by atoms with Crippen molar-refractivity contribution in [1.82, 2.24) is 14.8 Å². The van der Waals surface area contributed by atoms with E-state index in [1.165, 1.54) is 38.6 Å². The van der Waals surface area contributed by atoms with Crippen molar-refractivity contribution in [1.29, 1.82) is 0 Å². The summed E-state index contributed by atoms with van der Waals surface area (Å²) in [4.78, 5) is 15.6. The fourth-order valence-corrected chi connectivity index (χ4v) is 2.87. The largest absolute Gasteiger partial charge is 0.493 e. The number of ether oxygens (including phenoxy) is 3. The fourth-order valence-electron chi connectivity index (χ4n) is 2.87. The van der Waals surface area contributed by atoms with Gasteiger partial charge in [-0.15, -0.1) is 0 Å². The molecular formula is C19H26FN3O4. The Labute approximate surface area is 158 Å². The summed E-state index contributed by atoms with van der Waals surface area (Å²) in [5.41, 5.74) is -0.324. The third-order valence-electron chi connectivity index (χ3n) is 4.07. The molecule has 2 atom stereocenters. The van der Waals surface area contributed by atoms with E-state index in [2.05, 4.69) is 10.1 Å². The quantitative estimate of drug-likeness (QED) is 0.654. The zero-order valence-electron chi connectivity index (χ0n) is 16.3. The van der Waals surface area contributed by atoms with Crippen LogP contribution in [-0.4, -0.2) is 40.6 Å². The number of rotatable bonds is 8. The Hall–Kier alpha value is -2.64. The van der Waals surface area contributed by atoms with E-state index in [0.29, 0.717) is 24.5 Å². The van der Waals surface area contributed by atoms with E-state index in [0.717, 1.165) is 0 Å². The second kappa shape index (κ2) is 8.83. The monoisotopic (exact) mass is 379 g/mol. The van der Waals surface area contributed by atoms with Crippen LogP contribution in [0.15, 0.2) is 30.9 Å². The molecule has 0 amide bonds. The summed E-state index contributed by atoms with van der Waals surface area (Å²) in [6, 6.07) is 3.82. The summed E-state index contributed by atoms with van der Waals surface area (Å²) < 4.78 is 31.5. The number of carbonyl (C=O) groups is 1. The van der Waals surface area contributed by atoms with Crippen LogP contribution in [0.5, 0.6) is 11.5 Å². The first-order valence-corrected chi connectivity index (χ1v) is 8.70. The number of aromatic nitrogens is 3. The van der Waals surface area contributed by atoms with Crippen molar-refractivity contribution in [2.24, 2.45) is 5.41 Å². The smallest absolute Gasteiger partial charge is 0.302 e. The van der Waals surface area contributed by atoms with Crippen LogP contribution < -0.4 is 9.47 Å². The molecule has 8 heteroatoms. The van der Waals surface area contributed by atoms with Crippen LogP contribution in [-0.2, 0) is 9.53 Å². The van der Waals surface area contributed by atoms with E-state index in [1.807, 2.05) is 20.8 Å². The molecule has 0 saturated heterocycles. The first-order valence-electron chi connectivity index (χ1n) is 8.70. The first kappa shape index (κ1) is 20.7. The van der Waals surface area contributed by atoms with Gasteiger partial charge in [-0.3, -0.25) is 4.79 Å². The van der Waals surface area contributed by atoms with Gasteiger partial charge in [0.25, 0.3) is 0 Å². The van der Waals surface area contributed by atoms with E-state index in [9.17, 15) is 9.18 Å². The molecule has 0 spiro atoms. The summed E-state index contributed by atoms with van der Waals surface area (Å²) in [5, 5.41) is 4.21. The summed E-state index contributed by atoms with van der Waals surface area (Å²) >= 11 is 0. The highest BCUT2D eigenvalue weighted by molar-refractivity contribution is 5.66. The highest BCUT2D eigenvalue weighted by atomic mass is 19.1. The van der Waals surface area contributed by atoms with Crippen LogP contribution >= 0.6 is 0 Å². The molecular weight excluding hydrogens is 353 g/mol. The van der Waals surface area contributed by atoms with Gasteiger partial charge < -0.3 is 14.2 Å². The van der Waals surface area contributed by atoms with Crippen LogP contribution in [0.3, 0.4) is 0 Å². The van der Waals surface area contributed by atoms with Crippen molar-refractivity contribution in [3.8, 4) is 11.5 Å². The van der Waals surface area contributed by atoms with Gasteiger partial charge in [0.2, 0.25) is 0 Å². The zero-order valence-corrected chi connectivity index (χ0v) is 16.3. The minimum Gasteiger partial charge on any atom is -0.493 e. The van der Waals surface area contributed by atoms with Gasteiger partial charge in [0, 0.05) is 24.8 Å². The Kier molecular flexibility index (Phi) is 6.76. The van der Waals surface area contributed by atoms with Gasteiger partial charge in [0.15, 0.2) is 11.5 Å². The topological polar surface area (TPSA) is 75.5 Å². The highest BCUT2D eigenvalue weighted by Gasteiger charge is 2.36. The second-order valence-electron chi connectivity index (χ2n) is 7.27. The minimum atomic E-state index is -0.435. The third kappa shape index (κ3) is 5.67. The predicted octanol–water partition coefficient (Wildman–Crippen LogP) is 3.41. The fraction of sp³-hybridized carbons (Fsp3) is 0.526. The average Bonchev–Trinajstić information content (AvgIpc) is 3.11. The summed E-state index contributed by atoms with van der Waals surface area (Å²) in [6.07, 6.45) is 3.09. The summed E-state index contributed by atoms with van der Waals surface area (Å²) in [5.74, 6) is -0.000734. The van der Waals surface area contributed by atoms with Gasteiger partial charge in [-0.05, 0) is 12.1 Å². The standard InChI is InChI=1S/C19H26FN3O4/c1-13(24)27-18(19(2,3)4)15(23-12-21-11-22-23)8-9-26-16-7-6-14(20)10-17(16)25-5/h6-7,10-12,15,18H,8-9H2,1-5H3. The van der Waals surface area contributed by atoms with Crippen LogP contribution in [0.2, 0.25) is 0 Å². The molecule has 0 aliphatic carbocycles. The molecule has 1 aromatic heterocycles. The molecule has 27 heavy (non-hydrogen) atoms. The zero-order chi connectivity index (χ0) is 20.0. The molecule has 2 aromatic rings. The van der Waals surface area contributed by atoms with Gasteiger partial charge in [0.1, 0.15) is 24.6 Å². The molecule has 0 aliphatic heterocycles. The normalized spacial score (nSPS) is 13.7. The summed E-state index contributed by atoms with van der Waals surface area (Å²) in [7, 11) is 1.45. The van der Waals surface area contributed by atoms with Gasteiger partial charge in [-0.25, -0.2) is 14.1 Å². The van der Waals surface area contributed by atoms with E-state index in [1.54, 1.807) is 11.0 Å². The maximum absolute atomic E-state index is 13.3. The van der Waals surface area contributed by atoms with E-state index < -0.39 is 11.9 Å². The minimum absolute atomic E-state index is 0.275. The van der Waals surface area contributed by atoms with Crippen LogP contribution in [0.4, 0.5) is 4.39 Å². The van der Waals surface area contributed by atoms with E-state index >= 15 is 0 Å². The maximum Gasteiger partial charge on any atom is 0.302 e. The lowest BCUT2D eigenvalue weighted by molar-refractivity contribution is -0.156. The number of esters is 1. The number of hydrogen-bond donors (Lipinski definition) is 0. The number of methoxy groups -OCH3 is 1. The van der Waals surface area contributed by atoms with Crippen molar-refractivity contribution in [2.45, 2.75) is 46.3 Å². The molecule has 7 nitrogen and oxygen atoms in total. The number of carbonyl (C=O) groups excluding carboxylic acids is 1. The lowest BCUT2D eigenvalue weighted by Crippen LogP contribution is -2.40. The number of benzene rings is 1. The van der Waals surface area contributed by atoms with Gasteiger partial charge in [-0.1, -0.05) is 20.8 Å². The average molecular weight is 379 g/mol. The van der Waals surface area contributed by atoms with Crippen LogP contribution in [0.1, 0.15) is 40.2 Å². The molecule has 0 bridgehead atoms. The SMILES string of the molecule is COc1cc(F)ccc1OCCC(C(OC(C)=O)C(C)(C)C)n1cncn1. The molecule has 0 aliphatic rings. The van der Waals surface area contributed by atoms with Crippen molar-refractivity contribution < 1.29 is 23.4 Å². The van der Waals surface area contributed by atoms with Crippen molar-refractivity contribution in [3.63, 3.8) is 0 Å². The Morgan fingerprint density at radius 3 is 2.59 bits per heavy atom. The Balaban J connectivity index is 2.17. The molecule has 0 saturated carbocycles. The highest BCUT2D eigenvalue weighted by Crippen LogP contribution is 2.34. The number of nitrogens with zero attached hydrogens (tertiary/aromatic N) is 3. The van der Waals surface area contributed by atoms with Gasteiger partial charge >= 0.3 is 5.97 Å². The van der Waals surface area contributed by atoms with Gasteiger partial charge in [-0.2, -0.15) is 5.10 Å². The second-order valence-corrected chi connectivity index (χ2v) is 7.27. The maximum atomic E-state index is 13.3. The molecule has 1 aromatic carbocycles. The molecule has 1 heterocycles. The summed E-state index contributed by atoms with van der Waals surface area (Å²) in [6.45, 7) is 7.66. The lowest BCUT2D eigenvalue weighted by Gasteiger charge is -2.36. The van der Waals surface area contributed by atoms with Crippen molar-refractivity contribution in [3.05, 3.63) is 36.7 Å². The molecule has 148 valence electrons.